The largest absolute Gasteiger partial charge is 0.497 e. The van der Waals surface area contributed by atoms with Gasteiger partial charge in [-0.1, -0.05) is 15.9 Å². The lowest BCUT2D eigenvalue weighted by Crippen LogP contribution is -2.37. The molecule has 0 aliphatic rings. The number of halogens is 1. The van der Waals surface area contributed by atoms with Crippen LogP contribution in [0.2, 0.25) is 0 Å². The molecule has 1 rings (SSSR count). The van der Waals surface area contributed by atoms with Crippen molar-refractivity contribution in [3.63, 3.8) is 0 Å². The van der Waals surface area contributed by atoms with Crippen molar-refractivity contribution >= 4 is 21.8 Å². The SMILES string of the molecule is COc1ccc(CNC(=O)C(C)(C)Br)c(OC)c1. The monoisotopic (exact) mass is 315 g/mol. The summed E-state index contributed by atoms with van der Waals surface area (Å²) < 4.78 is 9.80. The number of methoxy groups -OCH3 is 2. The normalized spacial score (nSPS) is 10.9. The van der Waals surface area contributed by atoms with Crippen LogP contribution in [0.25, 0.3) is 0 Å². The molecule has 0 aliphatic heterocycles. The Morgan fingerprint density at radius 3 is 2.50 bits per heavy atom. The number of carbonyl (C=O) groups is 1. The molecule has 18 heavy (non-hydrogen) atoms. The van der Waals surface area contributed by atoms with E-state index in [1.54, 1.807) is 34.1 Å². The van der Waals surface area contributed by atoms with Crippen LogP contribution in [0.15, 0.2) is 18.2 Å². The lowest BCUT2D eigenvalue weighted by Gasteiger charge is -2.17. The van der Waals surface area contributed by atoms with E-state index in [0.717, 1.165) is 11.3 Å². The number of rotatable bonds is 5. The lowest BCUT2D eigenvalue weighted by molar-refractivity contribution is -0.122. The van der Waals surface area contributed by atoms with E-state index in [1.807, 2.05) is 12.1 Å². The Hall–Kier alpha value is -1.23. The third-order valence-electron chi connectivity index (χ3n) is 2.47. The van der Waals surface area contributed by atoms with Gasteiger partial charge < -0.3 is 14.8 Å². The smallest absolute Gasteiger partial charge is 0.236 e. The molecule has 0 unspecified atom stereocenters. The summed E-state index contributed by atoms with van der Waals surface area (Å²) in [7, 11) is 3.19. The Kier molecular flexibility index (Phi) is 5.02. The Bertz CT molecular complexity index is 427. The first kappa shape index (κ1) is 14.8. The first-order valence-electron chi connectivity index (χ1n) is 5.56. The molecule has 1 aromatic carbocycles. The van der Waals surface area contributed by atoms with Crippen LogP contribution in [0.4, 0.5) is 0 Å². The van der Waals surface area contributed by atoms with Crippen molar-refractivity contribution in [1.82, 2.24) is 5.32 Å². The van der Waals surface area contributed by atoms with E-state index in [0.29, 0.717) is 12.3 Å². The fourth-order valence-electron chi connectivity index (χ4n) is 1.38. The van der Waals surface area contributed by atoms with Gasteiger partial charge in [-0.15, -0.1) is 0 Å². The number of benzene rings is 1. The highest BCUT2D eigenvalue weighted by Crippen LogP contribution is 2.24. The lowest BCUT2D eigenvalue weighted by atomic mass is 10.1. The second kappa shape index (κ2) is 6.09. The van der Waals surface area contributed by atoms with Gasteiger partial charge in [0.25, 0.3) is 0 Å². The van der Waals surface area contributed by atoms with Gasteiger partial charge in [-0.05, 0) is 26.0 Å². The summed E-state index contributed by atoms with van der Waals surface area (Å²) in [6.45, 7) is 4.02. The summed E-state index contributed by atoms with van der Waals surface area (Å²) in [5.41, 5.74) is 0.906. The molecule has 5 heteroatoms. The molecule has 0 heterocycles. The van der Waals surface area contributed by atoms with Gasteiger partial charge in [-0.2, -0.15) is 0 Å². The van der Waals surface area contributed by atoms with Gasteiger partial charge in [0.15, 0.2) is 0 Å². The summed E-state index contributed by atoms with van der Waals surface area (Å²) >= 11 is 3.31. The minimum Gasteiger partial charge on any atom is -0.497 e. The van der Waals surface area contributed by atoms with Crippen LogP contribution in [-0.4, -0.2) is 24.5 Å². The van der Waals surface area contributed by atoms with E-state index >= 15 is 0 Å². The Morgan fingerprint density at radius 1 is 1.33 bits per heavy atom. The van der Waals surface area contributed by atoms with E-state index in [-0.39, 0.29) is 5.91 Å². The molecule has 0 bridgehead atoms. The average molecular weight is 316 g/mol. The maximum atomic E-state index is 11.7. The Balaban J connectivity index is 2.76. The molecular formula is C13H18BrNO3. The average Bonchev–Trinajstić information content (AvgIpc) is 2.34. The van der Waals surface area contributed by atoms with E-state index in [2.05, 4.69) is 21.2 Å². The standard InChI is InChI=1S/C13H18BrNO3/c1-13(2,14)12(16)15-8-9-5-6-10(17-3)7-11(9)18-4/h5-7H,8H2,1-4H3,(H,15,16). The highest BCUT2D eigenvalue weighted by molar-refractivity contribution is 9.10. The molecule has 0 fully saturated rings. The molecule has 100 valence electrons. The summed E-state index contributed by atoms with van der Waals surface area (Å²) in [5.74, 6) is 1.35. The zero-order chi connectivity index (χ0) is 13.8. The predicted molar refractivity (Wildman–Crippen MR) is 74.4 cm³/mol. The highest BCUT2D eigenvalue weighted by Gasteiger charge is 2.23. The molecule has 0 aromatic heterocycles. The summed E-state index contributed by atoms with van der Waals surface area (Å²) in [6, 6.07) is 5.50. The summed E-state index contributed by atoms with van der Waals surface area (Å²) in [4.78, 5) is 11.7. The Labute approximate surface area is 116 Å². The molecule has 1 aromatic rings. The quantitative estimate of drug-likeness (QED) is 0.849. The zero-order valence-corrected chi connectivity index (χ0v) is 12.6. The van der Waals surface area contributed by atoms with E-state index in [1.165, 1.54) is 0 Å². The summed E-state index contributed by atoms with van der Waals surface area (Å²) in [6.07, 6.45) is 0. The number of hydrogen-bond donors (Lipinski definition) is 1. The number of alkyl halides is 1. The maximum absolute atomic E-state index is 11.7. The van der Waals surface area contributed by atoms with Crippen molar-refractivity contribution in [3.05, 3.63) is 23.8 Å². The number of ether oxygens (including phenoxy) is 2. The number of hydrogen-bond acceptors (Lipinski definition) is 3. The molecular weight excluding hydrogens is 298 g/mol. The third kappa shape index (κ3) is 3.91. The van der Waals surface area contributed by atoms with Crippen LogP contribution in [0.5, 0.6) is 11.5 Å². The van der Waals surface area contributed by atoms with Crippen LogP contribution in [0.3, 0.4) is 0 Å². The van der Waals surface area contributed by atoms with Gasteiger partial charge >= 0.3 is 0 Å². The zero-order valence-electron chi connectivity index (χ0n) is 11.0. The highest BCUT2D eigenvalue weighted by atomic mass is 79.9. The fourth-order valence-corrected chi connectivity index (χ4v) is 1.52. The summed E-state index contributed by atoms with van der Waals surface area (Å²) in [5, 5.41) is 2.84. The van der Waals surface area contributed by atoms with Crippen LogP contribution in [-0.2, 0) is 11.3 Å². The van der Waals surface area contributed by atoms with E-state index < -0.39 is 4.32 Å². The molecule has 1 N–H and O–H groups in total. The first-order chi connectivity index (χ1) is 8.38. The molecule has 0 radical (unpaired) electrons. The molecule has 0 atom stereocenters. The molecule has 1 amide bonds. The third-order valence-corrected chi connectivity index (χ3v) is 2.83. The van der Waals surface area contributed by atoms with Gasteiger partial charge in [0.1, 0.15) is 11.5 Å². The van der Waals surface area contributed by atoms with Crippen molar-refractivity contribution in [1.29, 1.82) is 0 Å². The van der Waals surface area contributed by atoms with Crippen LogP contribution >= 0.6 is 15.9 Å². The second-order valence-electron chi connectivity index (χ2n) is 4.33. The van der Waals surface area contributed by atoms with Gasteiger partial charge in [-0.3, -0.25) is 4.79 Å². The van der Waals surface area contributed by atoms with Gasteiger partial charge in [0, 0.05) is 18.2 Å². The first-order valence-corrected chi connectivity index (χ1v) is 6.36. The van der Waals surface area contributed by atoms with Crippen molar-refractivity contribution in [2.45, 2.75) is 24.7 Å². The predicted octanol–water partition coefficient (Wildman–Crippen LogP) is 2.49. The van der Waals surface area contributed by atoms with Crippen molar-refractivity contribution in [2.75, 3.05) is 14.2 Å². The van der Waals surface area contributed by atoms with E-state index in [4.69, 9.17) is 9.47 Å². The number of carbonyl (C=O) groups excluding carboxylic acids is 1. The number of nitrogens with one attached hydrogen (secondary N) is 1. The van der Waals surface area contributed by atoms with Crippen molar-refractivity contribution in [3.8, 4) is 11.5 Å². The van der Waals surface area contributed by atoms with Crippen LogP contribution in [0.1, 0.15) is 19.4 Å². The van der Waals surface area contributed by atoms with Gasteiger partial charge in [-0.25, -0.2) is 0 Å². The maximum Gasteiger partial charge on any atom is 0.236 e. The Morgan fingerprint density at radius 2 is 2.00 bits per heavy atom. The topological polar surface area (TPSA) is 47.6 Å². The number of amides is 1. The second-order valence-corrected chi connectivity index (χ2v) is 6.32. The minimum absolute atomic E-state index is 0.0691. The molecule has 0 saturated carbocycles. The van der Waals surface area contributed by atoms with Gasteiger partial charge in [0.2, 0.25) is 5.91 Å². The molecule has 0 saturated heterocycles. The van der Waals surface area contributed by atoms with E-state index in [9.17, 15) is 4.79 Å². The van der Waals surface area contributed by atoms with Crippen LogP contribution in [0, 0.1) is 0 Å². The molecule has 4 nitrogen and oxygen atoms in total. The van der Waals surface area contributed by atoms with Gasteiger partial charge in [0.05, 0.1) is 18.5 Å². The van der Waals surface area contributed by atoms with Crippen molar-refractivity contribution in [2.24, 2.45) is 0 Å². The van der Waals surface area contributed by atoms with Crippen molar-refractivity contribution < 1.29 is 14.3 Å². The molecule has 0 aliphatic carbocycles. The molecule has 0 spiro atoms. The fraction of sp³-hybridized carbons (Fsp3) is 0.462. The van der Waals surface area contributed by atoms with Crippen LogP contribution < -0.4 is 14.8 Å². The minimum atomic E-state index is -0.577.